The Morgan fingerprint density at radius 1 is 0.525 bits per heavy atom. The van der Waals surface area contributed by atoms with E-state index in [9.17, 15) is 0 Å². The molecule has 40 heavy (non-hydrogen) atoms. The summed E-state index contributed by atoms with van der Waals surface area (Å²) in [4.78, 5) is 0. The Balaban J connectivity index is 1.45. The summed E-state index contributed by atoms with van der Waals surface area (Å²) >= 11 is 0. The summed E-state index contributed by atoms with van der Waals surface area (Å²) in [6.45, 7) is 8.40. The molecule has 0 saturated carbocycles. The summed E-state index contributed by atoms with van der Waals surface area (Å²) in [7, 11) is -0.401. The third kappa shape index (κ3) is 3.99. The molecule has 0 amide bonds. The number of aromatic nitrogens is 1. The van der Waals surface area contributed by atoms with Gasteiger partial charge in [0.25, 0.3) is 0 Å². The summed E-state index contributed by atoms with van der Waals surface area (Å²) in [6.07, 6.45) is 0. The Kier molecular flexibility index (Phi) is 5.74. The van der Waals surface area contributed by atoms with Crippen molar-refractivity contribution in [1.29, 1.82) is 0 Å². The maximum atomic E-state index is 6.41. The van der Waals surface area contributed by atoms with E-state index in [0.29, 0.717) is 0 Å². The zero-order valence-electron chi connectivity index (χ0n) is 23.4. The van der Waals surface area contributed by atoms with Crippen LogP contribution in [0.3, 0.4) is 0 Å². The number of hydrogen-bond donors (Lipinski definition) is 0. The molecule has 6 aromatic rings. The molecule has 196 valence electrons. The minimum atomic E-state index is -0.401. The fourth-order valence-corrected chi connectivity index (χ4v) is 5.77. The molecule has 0 atom stereocenters. The van der Waals surface area contributed by atoms with Crippen molar-refractivity contribution in [2.75, 3.05) is 0 Å². The first-order valence-corrected chi connectivity index (χ1v) is 14.0. The summed E-state index contributed by atoms with van der Waals surface area (Å²) in [5.74, 6) is 0. The Labute approximate surface area is 236 Å². The standard InChI is InChI=1S/C36H32BNO2/c1-35(2)36(3,4)40-37(39-35)28-20-22-34-31(24-28)29-17-11-12-18-32(29)38(34)33-21-19-27(25-13-7-5-8-14-25)23-30(33)26-15-9-6-10-16-26/h5-24H,1-4H3. The highest BCUT2D eigenvalue weighted by Crippen LogP contribution is 2.39. The number of benzene rings is 5. The molecule has 2 heterocycles. The summed E-state index contributed by atoms with van der Waals surface area (Å²) < 4.78 is 15.2. The molecule has 0 bridgehead atoms. The molecule has 3 nitrogen and oxygen atoms in total. The molecule has 1 aliphatic rings. The minimum Gasteiger partial charge on any atom is -0.399 e. The molecular formula is C36H32BNO2. The van der Waals surface area contributed by atoms with E-state index in [1.807, 2.05) is 0 Å². The molecule has 1 aliphatic heterocycles. The van der Waals surface area contributed by atoms with Gasteiger partial charge in [0.15, 0.2) is 0 Å². The van der Waals surface area contributed by atoms with Crippen LogP contribution < -0.4 is 5.46 Å². The third-order valence-electron chi connectivity index (χ3n) is 8.65. The average Bonchev–Trinajstić information content (AvgIpc) is 3.42. The second-order valence-electron chi connectivity index (χ2n) is 11.7. The van der Waals surface area contributed by atoms with Crippen LogP contribution in [0.4, 0.5) is 0 Å². The van der Waals surface area contributed by atoms with Gasteiger partial charge in [0, 0.05) is 16.3 Å². The second-order valence-corrected chi connectivity index (χ2v) is 11.7. The molecule has 1 aromatic heterocycles. The van der Waals surface area contributed by atoms with Gasteiger partial charge in [-0.2, -0.15) is 0 Å². The van der Waals surface area contributed by atoms with E-state index in [1.165, 1.54) is 38.5 Å². The van der Waals surface area contributed by atoms with Crippen molar-refractivity contribution >= 4 is 34.4 Å². The normalized spacial score (nSPS) is 16.1. The van der Waals surface area contributed by atoms with Crippen LogP contribution >= 0.6 is 0 Å². The van der Waals surface area contributed by atoms with Crippen molar-refractivity contribution in [3.05, 3.63) is 121 Å². The van der Waals surface area contributed by atoms with Gasteiger partial charge >= 0.3 is 7.12 Å². The number of hydrogen-bond acceptors (Lipinski definition) is 2. The van der Waals surface area contributed by atoms with E-state index in [1.54, 1.807) is 0 Å². The van der Waals surface area contributed by atoms with Crippen LogP contribution in [0.5, 0.6) is 0 Å². The lowest BCUT2D eigenvalue weighted by atomic mass is 9.78. The Bertz CT molecular complexity index is 1840. The van der Waals surface area contributed by atoms with Crippen molar-refractivity contribution in [2.24, 2.45) is 0 Å². The zero-order chi connectivity index (χ0) is 27.5. The number of nitrogens with zero attached hydrogens (tertiary/aromatic N) is 1. The predicted octanol–water partition coefficient (Wildman–Crippen LogP) is 8.42. The minimum absolute atomic E-state index is 0.383. The Morgan fingerprint density at radius 2 is 1.12 bits per heavy atom. The molecule has 0 spiro atoms. The quantitative estimate of drug-likeness (QED) is 0.218. The fraction of sp³-hybridized carbons (Fsp3) is 0.167. The van der Waals surface area contributed by atoms with Crippen LogP contribution in [0.25, 0.3) is 49.7 Å². The lowest BCUT2D eigenvalue weighted by Gasteiger charge is -2.32. The molecule has 1 saturated heterocycles. The van der Waals surface area contributed by atoms with Crippen molar-refractivity contribution < 1.29 is 9.31 Å². The smallest absolute Gasteiger partial charge is 0.399 e. The maximum Gasteiger partial charge on any atom is 0.494 e. The van der Waals surface area contributed by atoms with Gasteiger partial charge in [-0.15, -0.1) is 0 Å². The first-order valence-electron chi connectivity index (χ1n) is 14.0. The summed E-state index contributed by atoms with van der Waals surface area (Å²) in [5, 5.41) is 2.40. The lowest BCUT2D eigenvalue weighted by Crippen LogP contribution is -2.41. The predicted molar refractivity (Wildman–Crippen MR) is 167 cm³/mol. The first-order chi connectivity index (χ1) is 19.3. The van der Waals surface area contributed by atoms with E-state index >= 15 is 0 Å². The fourth-order valence-electron chi connectivity index (χ4n) is 5.77. The molecule has 0 unspecified atom stereocenters. The topological polar surface area (TPSA) is 23.4 Å². The van der Waals surface area contributed by atoms with Gasteiger partial charge in [0.05, 0.1) is 27.9 Å². The molecular weight excluding hydrogens is 489 g/mol. The number of para-hydroxylation sites is 1. The van der Waals surface area contributed by atoms with Crippen LogP contribution in [-0.2, 0) is 9.31 Å². The van der Waals surface area contributed by atoms with E-state index in [4.69, 9.17) is 9.31 Å². The highest BCUT2D eigenvalue weighted by Gasteiger charge is 2.51. The van der Waals surface area contributed by atoms with Crippen LogP contribution in [0.15, 0.2) is 121 Å². The number of rotatable bonds is 4. The van der Waals surface area contributed by atoms with Gasteiger partial charge < -0.3 is 13.9 Å². The molecule has 4 heteroatoms. The third-order valence-corrected chi connectivity index (χ3v) is 8.65. The Hall–Kier alpha value is -4.12. The van der Waals surface area contributed by atoms with Crippen molar-refractivity contribution in [3.8, 4) is 27.9 Å². The van der Waals surface area contributed by atoms with E-state index in [0.717, 1.165) is 16.7 Å². The van der Waals surface area contributed by atoms with Gasteiger partial charge in [-0.3, -0.25) is 0 Å². The van der Waals surface area contributed by atoms with Crippen LogP contribution in [-0.4, -0.2) is 22.9 Å². The van der Waals surface area contributed by atoms with Crippen LogP contribution in [0, 0.1) is 0 Å². The molecule has 1 fully saturated rings. The maximum absolute atomic E-state index is 6.41. The molecule has 5 aromatic carbocycles. The van der Waals surface area contributed by atoms with Gasteiger partial charge in [-0.05, 0) is 74.1 Å². The highest BCUT2D eigenvalue weighted by atomic mass is 16.7. The summed E-state index contributed by atoms with van der Waals surface area (Å²) in [6, 6.07) is 43.3. The second kappa shape index (κ2) is 9.23. The van der Waals surface area contributed by atoms with Crippen LogP contribution in [0.1, 0.15) is 27.7 Å². The molecule has 0 aliphatic carbocycles. The molecule has 0 radical (unpaired) electrons. The molecule has 0 N–H and O–H groups in total. The first kappa shape index (κ1) is 24.9. The van der Waals surface area contributed by atoms with Crippen molar-refractivity contribution in [2.45, 2.75) is 38.9 Å². The monoisotopic (exact) mass is 521 g/mol. The largest absolute Gasteiger partial charge is 0.494 e. The summed E-state index contributed by atoms with van der Waals surface area (Å²) in [5.41, 5.74) is 8.55. The molecule has 7 rings (SSSR count). The van der Waals surface area contributed by atoms with E-state index in [-0.39, 0.29) is 11.2 Å². The lowest BCUT2D eigenvalue weighted by molar-refractivity contribution is 0.00578. The average molecular weight is 521 g/mol. The van der Waals surface area contributed by atoms with Crippen molar-refractivity contribution in [1.82, 2.24) is 4.57 Å². The number of fused-ring (bicyclic) bond motifs is 3. The SMILES string of the molecule is CC1(C)OB(c2ccc3c(c2)c2ccccc2n3-c2ccc(-c3ccccc3)cc2-c2ccccc2)OC1(C)C. The highest BCUT2D eigenvalue weighted by molar-refractivity contribution is 6.62. The van der Waals surface area contributed by atoms with Gasteiger partial charge in [-0.25, -0.2) is 0 Å². The van der Waals surface area contributed by atoms with Gasteiger partial charge in [0.1, 0.15) is 0 Å². The zero-order valence-corrected chi connectivity index (χ0v) is 23.4. The van der Waals surface area contributed by atoms with Gasteiger partial charge in [-0.1, -0.05) is 97.1 Å². The van der Waals surface area contributed by atoms with Crippen molar-refractivity contribution in [3.63, 3.8) is 0 Å². The van der Waals surface area contributed by atoms with Crippen LogP contribution in [0.2, 0.25) is 0 Å². The van der Waals surface area contributed by atoms with Gasteiger partial charge in [0.2, 0.25) is 0 Å². The Morgan fingerprint density at radius 3 is 1.82 bits per heavy atom. The van der Waals surface area contributed by atoms with E-state index < -0.39 is 7.12 Å². The van der Waals surface area contributed by atoms with E-state index in [2.05, 4.69) is 154 Å².